The first-order valence-corrected chi connectivity index (χ1v) is 8.19. The number of halogens is 1. The molecule has 0 aliphatic carbocycles. The van der Waals surface area contributed by atoms with Crippen LogP contribution in [0, 0.1) is 0 Å². The molecule has 0 aliphatic heterocycles. The van der Waals surface area contributed by atoms with Crippen LogP contribution in [0.4, 0.5) is 0 Å². The van der Waals surface area contributed by atoms with Gasteiger partial charge >= 0.3 is 0 Å². The molecule has 0 fully saturated rings. The van der Waals surface area contributed by atoms with Crippen LogP contribution in [-0.4, -0.2) is 52.4 Å². The third-order valence-corrected chi connectivity index (χ3v) is 3.23. The lowest BCUT2D eigenvalue weighted by atomic mass is 10.4. The van der Waals surface area contributed by atoms with Gasteiger partial charge in [-0.25, -0.2) is 0 Å². The predicted molar refractivity (Wildman–Crippen MR) is 102 cm³/mol. The van der Waals surface area contributed by atoms with Gasteiger partial charge in [-0.05, 0) is 6.26 Å². The smallest absolute Gasteiger partial charge is 0.191 e. The monoisotopic (exact) mass is 424 g/mol. The minimum absolute atomic E-state index is 0. The molecule has 0 amide bonds. The summed E-state index contributed by atoms with van der Waals surface area (Å²) in [4.78, 5) is 4.50. The first-order valence-electron chi connectivity index (χ1n) is 6.80. The maximum absolute atomic E-state index is 4.50. The Bertz CT molecular complexity index is 421. The average Bonchev–Trinajstić information content (AvgIpc) is 2.91. The molecule has 1 heterocycles. The number of hydrogen-bond donors (Lipinski definition) is 2. The van der Waals surface area contributed by atoms with Gasteiger partial charge in [-0.3, -0.25) is 4.99 Å². The molecule has 0 spiro atoms. The second kappa shape index (κ2) is 12.9. The highest BCUT2D eigenvalue weighted by Gasteiger charge is 2.02. The summed E-state index contributed by atoms with van der Waals surface area (Å²) in [7, 11) is 0. The predicted octanol–water partition coefficient (Wildman–Crippen LogP) is 1.54. The van der Waals surface area contributed by atoms with E-state index in [0.29, 0.717) is 6.54 Å². The van der Waals surface area contributed by atoms with Gasteiger partial charge < -0.3 is 15.2 Å². The Kier molecular flexibility index (Phi) is 12.5. The van der Waals surface area contributed by atoms with Crippen LogP contribution in [0.25, 0.3) is 0 Å². The summed E-state index contributed by atoms with van der Waals surface area (Å²) in [6, 6.07) is 0. The lowest BCUT2D eigenvalue weighted by Crippen LogP contribution is -2.39. The van der Waals surface area contributed by atoms with Crippen LogP contribution in [0.3, 0.4) is 0 Å². The number of aryl methyl sites for hydroxylation is 1. The van der Waals surface area contributed by atoms with E-state index in [0.717, 1.165) is 43.6 Å². The van der Waals surface area contributed by atoms with Crippen molar-refractivity contribution in [3.63, 3.8) is 0 Å². The van der Waals surface area contributed by atoms with Crippen molar-refractivity contribution in [2.45, 2.75) is 19.9 Å². The third kappa shape index (κ3) is 8.30. The zero-order valence-corrected chi connectivity index (χ0v) is 15.9. The van der Waals surface area contributed by atoms with Crippen molar-refractivity contribution >= 4 is 41.7 Å². The van der Waals surface area contributed by atoms with Crippen molar-refractivity contribution < 1.29 is 0 Å². The Morgan fingerprint density at radius 2 is 2.33 bits per heavy atom. The van der Waals surface area contributed by atoms with Crippen LogP contribution in [0.2, 0.25) is 0 Å². The summed E-state index contributed by atoms with van der Waals surface area (Å²) in [5.74, 6) is 2.85. The van der Waals surface area contributed by atoms with Crippen LogP contribution in [0.15, 0.2) is 24.0 Å². The zero-order chi connectivity index (χ0) is 14.6. The number of guanidine groups is 1. The molecule has 2 N–H and O–H groups in total. The van der Waals surface area contributed by atoms with E-state index in [1.165, 1.54) is 0 Å². The Balaban J connectivity index is 0.00000400. The second-order valence-electron chi connectivity index (χ2n) is 4.11. The third-order valence-electron chi connectivity index (χ3n) is 2.64. The fourth-order valence-corrected chi connectivity index (χ4v) is 1.90. The number of rotatable bonds is 9. The zero-order valence-electron chi connectivity index (χ0n) is 12.7. The van der Waals surface area contributed by atoms with E-state index in [1.807, 2.05) is 6.08 Å². The molecule has 0 radical (unpaired) electrons. The number of aliphatic imine (C=N–C) groups is 1. The molecule has 21 heavy (non-hydrogen) atoms. The van der Waals surface area contributed by atoms with E-state index < -0.39 is 0 Å². The van der Waals surface area contributed by atoms with Crippen molar-refractivity contribution in [1.82, 2.24) is 25.4 Å². The van der Waals surface area contributed by atoms with Gasteiger partial charge in [-0.1, -0.05) is 13.0 Å². The molecule has 0 bridgehead atoms. The number of hydrogen-bond acceptors (Lipinski definition) is 4. The highest BCUT2D eigenvalue weighted by molar-refractivity contribution is 14.0. The van der Waals surface area contributed by atoms with Gasteiger partial charge in [0.25, 0.3) is 0 Å². The first-order chi connectivity index (χ1) is 9.81. The molecule has 0 saturated heterocycles. The normalized spacial score (nSPS) is 10.9. The summed E-state index contributed by atoms with van der Waals surface area (Å²) in [5.41, 5.74) is 0. The van der Waals surface area contributed by atoms with Crippen molar-refractivity contribution in [1.29, 1.82) is 0 Å². The van der Waals surface area contributed by atoms with E-state index >= 15 is 0 Å². The number of thioether (sulfide) groups is 1. The summed E-state index contributed by atoms with van der Waals surface area (Å²) in [6.45, 7) is 8.91. The molecule has 120 valence electrons. The average molecular weight is 424 g/mol. The van der Waals surface area contributed by atoms with Gasteiger partial charge in [-0.15, -0.1) is 40.8 Å². The quantitative estimate of drug-likeness (QED) is 0.207. The maximum atomic E-state index is 4.50. The molecule has 1 rings (SSSR count). The Hall–Kier alpha value is -0.770. The minimum atomic E-state index is 0. The first kappa shape index (κ1) is 20.2. The number of aromatic nitrogens is 3. The molecule has 0 atom stereocenters. The highest BCUT2D eigenvalue weighted by atomic mass is 127. The van der Waals surface area contributed by atoms with Crippen LogP contribution in [-0.2, 0) is 13.0 Å². The molecule has 6 nitrogen and oxygen atoms in total. The van der Waals surface area contributed by atoms with Crippen molar-refractivity contribution in [3.05, 3.63) is 24.8 Å². The van der Waals surface area contributed by atoms with Gasteiger partial charge in [-0.2, -0.15) is 11.8 Å². The van der Waals surface area contributed by atoms with Crippen molar-refractivity contribution in [3.8, 4) is 0 Å². The number of nitrogens with one attached hydrogen (secondary N) is 2. The largest absolute Gasteiger partial charge is 0.355 e. The van der Waals surface area contributed by atoms with Gasteiger partial charge in [0.15, 0.2) is 5.96 Å². The van der Waals surface area contributed by atoms with E-state index in [2.05, 4.69) is 50.1 Å². The Morgan fingerprint density at radius 3 is 3.00 bits per heavy atom. The Morgan fingerprint density at radius 1 is 1.52 bits per heavy atom. The standard InChI is InChI=1S/C13H24N6S.HI/c1-4-6-14-13(16-8-10-20-3)15-7-9-19-11-17-18-12(19)5-2;/h4,11H,1,5-10H2,2-3H3,(H2,14,15,16);1H. The molecule has 0 aromatic carbocycles. The van der Waals surface area contributed by atoms with Crippen LogP contribution >= 0.6 is 35.7 Å². The van der Waals surface area contributed by atoms with Gasteiger partial charge in [0.1, 0.15) is 12.2 Å². The molecule has 1 aromatic heterocycles. The topological polar surface area (TPSA) is 67.1 Å². The molecule has 0 unspecified atom stereocenters. The minimum Gasteiger partial charge on any atom is -0.355 e. The van der Waals surface area contributed by atoms with Crippen molar-refractivity contribution in [2.24, 2.45) is 4.99 Å². The molecular formula is C13H25IN6S. The summed E-state index contributed by atoms with van der Waals surface area (Å²) in [6.07, 6.45) is 6.56. The van der Waals surface area contributed by atoms with Crippen LogP contribution < -0.4 is 10.6 Å². The van der Waals surface area contributed by atoms with Crippen molar-refractivity contribution in [2.75, 3.05) is 31.6 Å². The second-order valence-corrected chi connectivity index (χ2v) is 5.10. The maximum Gasteiger partial charge on any atom is 0.191 e. The van der Waals surface area contributed by atoms with Gasteiger partial charge in [0.05, 0.1) is 6.54 Å². The molecule has 1 aromatic rings. The Labute approximate surface area is 148 Å². The fraction of sp³-hybridized carbons (Fsp3) is 0.615. The lowest BCUT2D eigenvalue weighted by molar-refractivity contribution is 0.634. The molecule has 0 aliphatic rings. The summed E-state index contributed by atoms with van der Waals surface area (Å²) in [5, 5.41) is 14.5. The van der Waals surface area contributed by atoms with Crippen LogP contribution in [0.1, 0.15) is 12.7 Å². The lowest BCUT2D eigenvalue weighted by Gasteiger charge is -2.12. The van der Waals surface area contributed by atoms with E-state index in [-0.39, 0.29) is 24.0 Å². The fourth-order valence-electron chi connectivity index (χ4n) is 1.63. The summed E-state index contributed by atoms with van der Waals surface area (Å²) < 4.78 is 2.06. The summed E-state index contributed by atoms with van der Waals surface area (Å²) >= 11 is 1.79. The van der Waals surface area contributed by atoms with Gasteiger partial charge in [0.2, 0.25) is 0 Å². The van der Waals surface area contributed by atoms with E-state index in [4.69, 9.17) is 0 Å². The number of nitrogens with zero attached hydrogens (tertiary/aromatic N) is 4. The highest BCUT2D eigenvalue weighted by Crippen LogP contribution is 1.94. The van der Waals surface area contributed by atoms with Gasteiger partial charge in [0, 0.05) is 31.8 Å². The SMILES string of the molecule is C=CCNC(=NCCSC)NCCn1cnnc1CC.I. The van der Waals surface area contributed by atoms with Crippen LogP contribution in [0.5, 0.6) is 0 Å². The molecule has 8 heteroatoms. The van der Waals surface area contributed by atoms with E-state index in [1.54, 1.807) is 18.1 Å². The molecular weight excluding hydrogens is 399 g/mol. The molecule has 0 saturated carbocycles. The van der Waals surface area contributed by atoms with E-state index in [9.17, 15) is 0 Å².